The Balaban J connectivity index is 2.65. The van der Waals surface area contributed by atoms with Crippen LogP contribution in [-0.4, -0.2) is 47.4 Å². The van der Waals surface area contributed by atoms with E-state index in [1.165, 1.54) is 0 Å². The number of ether oxygens (including phenoxy) is 2. The molecule has 1 saturated carbocycles. The first-order valence-corrected chi connectivity index (χ1v) is 9.74. The molecule has 7 nitrogen and oxygen atoms in total. The molecule has 0 radical (unpaired) electrons. The average molecular weight is 382 g/mol. The normalized spacial score (nSPS) is 20.3. The molecule has 0 aliphatic heterocycles. The molecule has 0 aromatic heterocycles. The summed E-state index contributed by atoms with van der Waals surface area (Å²) in [6.07, 6.45) is 3.25. The molecule has 2 amide bonds. The smallest absolute Gasteiger partial charge is 0.410 e. The van der Waals surface area contributed by atoms with E-state index in [-0.39, 0.29) is 12.1 Å². The van der Waals surface area contributed by atoms with Crippen molar-refractivity contribution in [3.05, 3.63) is 0 Å². The van der Waals surface area contributed by atoms with Crippen molar-refractivity contribution in [2.75, 3.05) is 13.1 Å². The van der Waals surface area contributed by atoms with Crippen LogP contribution in [0.2, 0.25) is 0 Å². The lowest BCUT2D eigenvalue weighted by Crippen LogP contribution is -2.48. The van der Waals surface area contributed by atoms with Gasteiger partial charge in [0.15, 0.2) is 0 Å². The molecule has 0 aromatic carbocycles. The SMILES string of the molecule is CC(C)(C)OC(=O)NCCN(C(=O)OC(C)(C)C)C1CCC(CC#N)CC1. The minimum atomic E-state index is -0.577. The third kappa shape index (κ3) is 9.50. The Labute approximate surface area is 163 Å². The van der Waals surface area contributed by atoms with Crippen molar-refractivity contribution in [2.24, 2.45) is 5.92 Å². The molecule has 1 N–H and O–H groups in total. The predicted octanol–water partition coefficient (Wildman–Crippen LogP) is 4.22. The fourth-order valence-electron chi connectivity index (χ4n) is 3.13. The summed E-state index contributed by atoms with van der Waals surface area (Å²) in [5.74, 6) is 0.409. The lowest BCUT2D eigenvalue weighted by Gasteiger charge is -2.37. The van der Waals surface area contributed by atoms with Gasteiger partial charge in [-0.15, -0.1) is 0 Å². The maximum Gasteiger partial charge on any atom is 0.410 e. The highest BCUT2D eigenvalue weighted by molar-refractivity contribution is 5.69. The van der Waals surface area contributed by atoms with Crippen LogP contribution in [0, 0.1) is 17.2 Å². The predicted molar refractivity (Wildman–Crippen MR) is 103 cm³/mol. The number of hydrogen-bond donors (Lipinski definition) is 1. The van der Waals surface area contributed by atoms with Crippen LogP contribution in [0.5, 0.6) is 0 Å². The van der Waals surface area contributed by atoms with E-state index in [1.807, 2.05) is 20.8 Å². The van der Waals surface area contributed by atoms with Gasteiger partial charge in [0.25, 0.3) is 0 Å². The van der Waals surface area contributed by atoms with Crippen molar-refractivity contribution in [1.29, 1.82) is 5.26 Å². The van der Waals surface area contributed by atoms with Gasteiger partial charge in [0, 0.05) is 25.6 Å². The van der Waals surface area contributed by atoms with Crippen LogP contribution in [0.1, 0.15) is 73.6 Å². The molecule has 1 aliphatic rings. The second-order valence-corrected chi connectivity index (χ2v) is 9.14. The first-order chi connectivity index (χ1) is 12.4. The van der Waals surface area contributed by atoms with Crippen molar-refractivity contribution in [1.82, 2.24) is 10.2 Å². The van der Waals surface area contributed by atoms with E-state index in [2.05, 4.69) is 11.4 Å². The van der Waals surface area contributed by atoms with E-state index < -0.39 is 17.3 Å². The summed E-state index contributed by atoms with van der Waals surface area (Å²) in [6.45, 7) is 11.6. The summed E-state index contributed by atoms with van der Waals surface area (Å²) in [6, 6.07) is 2.30. The Morgan fingerprint density at radius 3 is 2.07 bits per heavy atom. The van der Waals surface area contributed by atoms with Gasteiger partial charge in [-0.1, -0.05) is 0 Å². The van der Waals surface area contributed by atoms with E-state index in [9.17, 15) is 9.59 Å². The topological polar surface area (TPSA) is 91.7 Å². The highest BCUT2D eigenvalue weighted by Crippen LogP contribution is 2.30. The maximum absolute atomic E-state index is 12.7. The van der Waals surface area contributed by atoms with Crippen LogP contribution in [0.25, 0.3) is 0 Å². The Kier molecular flexibility index (Phi) is 8.39. The van der Waals surface area contributed by atoms with Gasteiger partial charge < -0.3 is 19.7 Å². The Hall–Kier alpha value is -1.97. The quantitative estimate of drug-likeness (QED) is 0.770. The molecule has 1 fully saturated rings. The minimum Gasteiger partial charge on any atom is -0.444 e. The number of nitrogens with zero attached hydrogens (tertiary/aromatic N) is 2. The summed E-state index contributed by atoms with van der Waals surface area (Å²) in [5, 5.41) is 11.6. The highest BCUT2D eigenvalue weighted by Gasteiger charge is 2.31. The van der Waals surface area contributed by atoms with E-state index in [4.69, 9.17) is 14.7 Å². The number of carbonyl (C=O) groups is 2. The second-order valence-electron chi connectivity index (χ2n) is 9.14. The Morgan fingerprint density at radius 1 is 1.04 bits per heavy atom. The molecule has 0 atom stereocenters. The van der Waals surface area contributed by atoms with E-state index in [0.717, 1.165) is 25.7 Å². The van der Waals surface area contributed by atoms with Gasteiger partial charge in [-0.25, -0.2) is 9.59 Å². The number of carbonyl (C=O) groups excluding carboxylic acids is 2. The Bertz CT molecular complexity index is 535. The van der Waals surface area contributed by atoms with Gasteiger partial charge in [-0.05, 0) is 73.1 Å². The average Bonchev–Trinajstić information content (AvgIpc) is 2.49. The van der Waals surface area contributed by atoms with E-state index in [0.29, 0.717) is 25.4 Å². The van der Waals surface area contributed by atoms with Crippen molar-refractivity contribution in [3.8, 4) is 6.07 Å². The fourth-order valence-corrected chi connectivity index (χ4v) is 3.13. The zero-order valence-corrected chi connectivity index (χ0v) is 17.6. The van der Waals surface area contributed by atoms with E-state index >= 15 is 0 Å². The van der Waals surface area contributed by atoms with Gasteiger partial charge in [0.05, 0.1) is 6.07 Å². The van der Waals surface area contributed by atoms with Gasteiger partial charge in [-0.3, -0.25) is 0 Å². The first-order valence-electron chi connectivity index (χ1n) is 9.74. The molecule has 27 heavy (non-hydrogen) atoms. The van der Waals surface area contributed by atoms with Gasteiger partial charge in [0.2, 0.25) is 0 Å². The third-order valence-electron chi connectivity index (χ3n) is 4.29. The second kappa shape index (κ2) is 9.82. The highest BCUT2D eigenvalue weighted by atomic mass is 16.6. The van der Waals surface area contributed by atoms with E-state index in [1.54, 1.807) is 25.7 Å². The van der Waals surface area contributed by atoms with Gasteiger partial charge >= 0.3 is 12.2 Å². The van der Waals surface area contributed by atoms with Crippen LogP contribution < -0.4 is 5.32 Å². The number of amides is 2. The van der Waals surface area contributed by atoms with Gasteiger partial charge in [0.1, 0.15) is 11.2 Å². The zero-order valence-electron chi connectivity index (χ0n) is 17.6. The molecular weight excluding hydrogens is 346 g/mol. The summed E-state index contributed by atoms with van der Waals surface area (Å²) in [7, 11) is 0. The molecule has 154 valence electrons. The maximum atomic E-state index is 12.7. The monoisotopic (exact) mass is 381 g/mol. The molecule has 0 bridgehead atoms. The minimum absolute atomic E-state index is 0.0650. The first kappa shape index (κ1) is 23.1. The number of alkyl carbamates (subject to hydrolysis) is 1. The van der Waals surface area contributed by atoms with Crippen molar-refractivity contribution >= 4 is 12.2 Å². The van der Waals surface area contributed by atoms with Crippen LogP contribution >= 0.6 is 0 Å². The number of nitrogens with one attached hydrogen (secondary N) is 1. The lowest BCUT2D eigenvalue weighted by atomic mass is 9.84. The molecule has 0 unspecified atom stereocenters. The van der Waals surface area contributed by atoms with Crippen molar-refractivity contribution in [2.45, 2.75) is 90.9 Å². The molecule has 1 aliphatic carbocycles. The van der Waals surface area contributed by atoms with Crippen molar-refractivity contribution in [3.63, 3.8) is 0 Å². The molecule has 0 saturated heterocycles. The number of rotatable bonds is 5. The molecular formula is C20H35N3O4. The summed E-state index contributed by atoms with van der Waals surface area (Å²) >= 11 is 0. The molecule has 1 rings (SSSR count). The zero-order chi connectivity index (χ0) is 20.7. The molecule has 0 spiro atoms. The third-order valence-corrected chi connectivity index (χ3v) is 4.29. The Morgan fingerprint density at radius 2 is 1.59 bits per heavy atom. The summed E-state index contributed by atoms with van der Waals surface area (Å²) in [4.78, 5) is 26.2. The standard InChI is InChI=1S/C20H35N3O4/c1-19(2,3)26-17(24)22-13-14-23(18(25)27-20(4,5)6)16-9-7-15(8-10-16)11-12-21/h15-16H,7-11,13-14H2,1-6H3,(H,22,24). The molecule has 0 aromatic rings. The number of hydrogen-bond acceptors (Lipinski definition) is 5. The summed E-state index contributed by atoms with van der Waals surface area (Å²) < 4.78 is 10.8. The molecule has 7 heteroatoms. The van der Waals surface area contributed by atoms with Crippen LogP contribution in [0.4, 0.5) is 9.59 Å². The largest absolute Gasteiger partial charge is 0.444 e. The van der Waals surface area contributed by atoms with Crippen LogP contribution in [-0.2, 0) is 9.47 Å². The van der Waals surface area contributed by atoms with Crippen molar-refractivity contribution < 1.29 is 19.1 Å². The van der Waals surface area contributed by atoms with Crippen LogP contribution in [0.15, 0.2) is 0 Å². The molecule has 0 heterocycles. The number of nitriles is 1. The summed E-state index contributed by atoms with van der Waals surface area (Å²) in [5.41, 5.74) is -1.14. The fraction of sp³-hybridized carbons (Fsp3) is 0.850. The van der Waals surface area contributed by atoms with Gasteiger partial charge in [-0.2, -0.15) is 5.26 Å². The lowest BCUT2D eigenvalue weighted by molar-refractivity contribution is 0.00978. The van der Waals surface area contributed by atoms with Crippen LogP contribution in [0.3, 0.4) is 0 Å².